The second kappa shape index (κ2) is 5.96. The summed E-state index contributed by atoms with van der Waals surface area (Å²) in [5.41, 5.74) is 6.79. The molecule has 1 aromatic carbocycles. The van der Waals surface area contributed by atoms with Gasteiger partial charge in [0.15, 0.2) is 0 Å². The Morgan fingerprint density at radius 1 is 1.17 bits per heavy atom. The number of nitrogen functional groups attached to an aromatic ring is 1. The van der Waals surface area contributed by atoms with Crippen LogP contribution in [0.4, 0.5) is 4.39 Å². The molecular formula is C14H20FN3. The molecule has 0 saturated carbocycles. The Bertz CT molecular complexity index is 423. The number of nitrogens with zero attached hydrogens (tertiary/aromatic N) is 1. The van der Waals surface area contributed by atoms with E-state index in [2.05, 4.69) is 4.90 Å². The fourth-order valence-corrected chi connectivity index (χ4v) is 2.45. The van der Waals surface area contributed by atoms with Crippen molar-refractivity contribution in [2.75, 3.05) is 13.1 Å². The molecule has 1 fully saturated rings. The van der Waals surface area contributed by atoms with Gasteiger partial charge in [0, 0.05) is 12.1 Å². The average molecular weight is 249 g/mol. The fourth-order valence-electron chi connectivity index (χ4n) is 2.45. The average Bonchev–Trinajstić information content (AvgIpc) is 2.57. The molecule has 98 valence electrons. The molecule has 18 heavy (non-hydrogen) atoms. The van der Waals surface area contributed by atoms with Crippen LogP contribution < -0.4 is 5.73 Å². The van der Waals surface area contributed by atoms with Crippen molar-refractivity contribution in [2.24, 2.45) is 5.73 Å². The van der Waals surface area contributed by atoms with Crippen LogP contribution in [0.15, 0.2) is 18.2 Å². The van der Waals surface area contributed by atoms with E-state index in [0.717, 1.165) is 25.2 Å². The molecule has 1 saturated heterocycles. The first-order chi connectivity index (χ1) is 8.65. The summed E-state index contributed by atoms with van der Waals surface area (Å²) in [6.45, 7) is 2.90. The molecule has 3 nitrogen and oxygen atoms in total. The van der Waals surface area contributed by atoms with E-state index in [0.29, 0.717) is 5.56 Å². The molecule has 4 heteroatoms. The standard InChI is InChI=1S/C14H20FN3/c15-13-8-11(7-12(9-13)14(16)17)10-18-5-3-1-2-4-6-18/h7-9H,1-6,10H2,(H3,16,17). The van der Waals surface area contributed by atoms with Gasteiger partial charge in [0.2, 0.25) is 0 Å². The largest absolute Gasteiger partial charge is 0.384 e. The maximum absolute atomic E-state index is 13.5. The Labute approximate surface area is 107 Å². The Morgan fingerprint density at radius 2 is 1.83 bits per heavy atom. The highest BCUT2D eigenvalue weighted by atomic mass is 19.1. The van der Waals surface area contributed by atoms with E-state index in [-0.39, 0.29) is 11.7 Å². The molecule has 1 aromatic rings. The lowest BCUT2D eigenvalue weighted by molar-refractivity contribution is 0.276. The zero-order valence-electron chi connectivity index (χ0n) is 10.6. The number of amidine groups is 1. The molecule has 0 spiro atoms. The number of hydrogen-bond acceptors (Lipinski definition) is 2. The minimum Gasteiger partial charge on any atom is -0.384 e. The highest BCUT2D eigenvalue weighted by molar-refractivity contribution is 5.95. The Kier molecular flexibility index (Phi) is 4.31. The van der Waals surface area contributed by atoms with Crippen molar-refractivity contribution in [1.29, 1.82) is 5.41 Å². The number of likely N-dealkylation sites (tertiary alicyclic amines) is 1. The molecule has 0 bridgehead atoms. The molecule has 0 atom stereocenters. The van der Waals surface area contributed by atoms with Crippen molar-refractivity contribution in [3.8, 4) is 0 Å². The van der Waals surface area contributed by atoms with Crippen molar-refractivity contribution in [2.45, 2.75) is 32.2 Å². The van der Waals surface area contributed by atoms with Crippen molar-refractivity contribution < 1.29 is 4.39 Å². The van der Waals surface area contributed by atoms with Crippen LogP contribution in [0.2, 0.25) is 0 Å². The Balaban J connectivity index is 2.10. The first kappa shape index (κ1) is 13.0. The third-order valence-corrected chi connectivity index (χ3v) is 3.37. The molecule has 0 unspecified atom stereocenters. The monoisotopic (exact) mass is 249 g/mol. The lowest BCUT2D eigenvalue weighted by Crippen LogP contribution is -2.24. The zero-order chi connectivity index (χ0) is 13.0. The van der Waals surface area contributed by atoms with Gasteiger partial charge in [-0.05, 0) is 49.7 Å². The molecule has 1 heterocycles. The van der Waals surface area contributed by atoms with Crippen molar-refractivity contribution in [3.63, 3.8) is 0 Å². The maximum Gasteiger partial charge on any atom is 0.124 e. The van der Waals surface area contributed by atoms with Gasteiger partial charge in [-0.2, -0.15) is 0 Å². The number of nitrogens with two attached hydrogens (primary N) is 1. The minimum absolute atomic E-state index is 0.0772. The lowest BCUT2D eigenvalue weighted by atomic mass is 10.1. The highest BCUT2D eigenvalue weighted by Crippen LogP contribution is 2.15. The predicted octanol–water partition coefficient (Wildman–Crippen LogP) is 2.49. The van der Waals surface area contributed by atoms with Crippen LogP contribution in [0.25, 0.3) is 0 Å². The summed E-state index contributed by atoms with van der Waals surface area (Å²) in [6, 6.07) is 4.67. The van der Waals surface area contributed by atoms with E-state index in [4.69, 9.17) is 11.1 Å². The molecular weight excluding hydrogens is 229 g/mol. The van der Waals surface area contributed by atoms with E-state index < -0.39 is 0 Å². The van der Waals surface area contributed by atoms with E-state index in [1.165, 1.54) is 37.8 Å². The summed E-state index contributed by atoms with van der Waals surface area (Å²) in [7, 11) is 0. The second-order valence-electron chi connectivity index (χ2n) is 4.95. The van der Waals surface area contributed by atoms with Gasteiger partial charge >= 0.3 is 0 Å². The topological polar surface area (TPSA) is 53.1 Å². The lowest BCUT2D eigenvalue weighted by Gasteiger charge is -2.20. The molecule has 1 aliphatic rings. The molecule has 1 aliphatic heterocycles. The van der Waals surface area contributed by atoms with Gasteiger partial charge in [-0.15, -0.1) is 0 Å². The van der Waals surface area contributed by atoms with E-state index in [1.54, 1.807) is 0 Å². The smallest absolute Gasteiger partial charge is 0.124 e. The zero-order valence-corrected chi connectivity index (χ0v) is 10.6. The summed E-state index contributed by atoms with van der Waals surface area (Å²) in [4.78, 5) is 2.35. The number of benzene rings is 1. The van der Waals surface area contributed by atoms with E-state index in [9.17, 15) is 4.39 Å². The molecule has 0 radical (unpaired) electrons. The van der Waals surface area contributed by atoms with Crippen molar-refractivity contribution >= 4 is 5.84 Å². The molecule has 2 rings (SSSR count). The van der Waals surface area contributed by atoms with Gasteiger partial charge in [0.25, 0.3) is 0 Å². The first-order valence-corrected chi connectivity index (χ1v) is 6.51. The van der Waals surface area contributed by atoms with Gasteiger partial charge in [-0.25, -0.2) is 4.39 Å². The second-order valence-corrected chi connectivity index (χ2v) is 4.95. The van der Waals surface area contributed by atoms with Gasteiger partial charge in [-0.3, -0.25) is 10.3 Å². The van der Waals surface area contributed by atoms with E-state index >= 15 is 0 Å². The highest BCUT2D eigenvalue weighted by Gasteiger charge is 2.11. The van der Waals surface area contributed by atoms with Gasteiger partial charge in [0.1, 0.15) is 11.7 Å². The summed E-state index contributed by atoms with van der Waals surface area (Å²) in [6.07, 6.45) is 5.01. The van der Waals surface area contributed by atoms with Crippen LogP contribution in [-0.2, 0) is 6.54 Å². The summed E-state index contributed by atoms with van der Waals surface area (Å²) in [5.74, 6) is -0.390. The quantitative estimate of drug-likeness (QED) is 0.638. The summed E-state index contributed by atoms with van der Waals surface area (Å²) >= 11 is 0. The van der Waals surface area contributed by atoms with Crippen LogP contribution in [0, 0.1) is 11.2 Å². The van der Waals surface area contributed by atoms with Crippen molar-refractivity contribution in [3.05, 3.63) is 35.1 Å². The Hall–Kier alpha value is -1.42. The Morgan fingerprint density at radius 3 is 2.44 bits per heavy atom. The molecule has 0 aromatic heterocycles. The number of nitrogens with one attached hydrogen (secondary N) is 1. The van der Waals surface area contributed by atoms with Crippen LogP contribution in [-0.4, -0.2) is 23.8 Å². The minimum atomic E-state index is -0.312. The molecule has 3 N–H and O–H groups in total. The molecule has 0 aliphatic carbocycles. The fraction of sp³-hybridized carbons (Fsp3) is 0.500. The summed E-state index contributed by atoms with van der Waals surface area (Å²) in [5, 5.41) is 7.38. The summed E-state index contributed by atoms with van der Waals surface area (Å²) < 4.78 is 13.5. The van der Waals surface area contributed by atoms with Crippen LogP contribution in [0.5, 0.6) is 0 Å². The van der Waals surface area contributed by atoms with Crippen LogP contribution in [0.3, 0.4) is 0 Å². The SMILES string of the molecule is N=C(N)c1cc(F)cc(CN2CCCCCC2)c1. The van der Waals surface area contributed by atoms with Gasteiger partial charge in [-0.1, -0.05) is 12.8 Å². The number of hydrogen-bond donors (Lipinski definition) is 2. The first-order valence-electron chi connectivity index (χ1n) is 6.51. The molecule has 0 amide bonds. The number of halogens is 1. The van der Waals surface area contributed by atoms with Gasteiger partial charge in [0.05, 0.1) is 0 Å². The van der Waals surface area contributed by atoms with Crippen LogP contribution >= 0.6 is 0 Å². The van der Waals surface area contributed by atoms with E-state index in [1.807, 2.05) is 6.07 Å². The number of rotatable bonds is 3. The normalized spacial score (nSPS) is 17.4. The van der Waals surface area contributed by atoms with Gasteiger partial charge < -0.3 is 5.73 Å². The maximum atomic E-state index is 13.5. The van der Waals surface area contributed by atoms with Crippen LogP contribution in [0.1, 0.15) is 36.8 Å². The third kappa shape index (κ3) is 3.53. The third-order valence-electron chi connectivity index (χ3n) is 3.37. The van der Waals surface area contributed by atoms with Crippen molar-refractivity contribution in [1.82, 2.24) is 4.90 Å². The predicted molar refractivity (Wildman–Crippen MR) is 71.2 cm³/mol.